The van der Waals surface area contributed by atoms with Gasteiger partial charge in [0.05, 0.1) is 17.9 Å². The van der Waals surface area contributed by atoms with Gasteiger partial charge in [0, 0.05) is 29.7 Å². The van der Waals surface area contributed by atoms with Gasteiger partial charge in [0.25, 0.3) is 0 Å². The van der Waals surface area contributed by atoms with Crippen LogP contribution < -0.4 is 10.6 Å². The van der Waals surface area contributed by atoms with Crippen molar-refractivity contribution in [1.82, 2.24) is 15.1 Å². The number of carbonyl (C=O) groups is 1. The zero-order valence-electron chi connectivity index (χ0n) is 16.7. The lowest BCUT2D eigenvalue weighted by Crippen LogP contribution is -2.28. The molecule has 29 heavy (non-hydrogen) atoms. The molecule has 0 aliphatic carbocycles. The Balaban J connectivity index is 1.75. The second kappa shape index (κ2) is 9.67. The summed E-state index contributed by atoms with van der Waals surface area (Å²) in [6.07, 6.45) is 2.01. The number of hydrogen-bond donors (Lipinski definition) is 2. The molecule has 0 saturated carbocycles. The zero-order valence-corrected chi connectivity index (χ0v) is 18.3. The summed E-state index contributed by atoms with van der Waals surface area (Å²) in [4.78, 5) is 13.4. The summed E-state index contributed by atoms with van der Waals surface area (Å²) in [5, 5.41) is 11.9. The summed E-state index contributed by atoms with van der Waals surface area (Å²) in [6, 6.07) is 11.8. The number of thiophene rings is 1. The molecule has 6 nitrogen and oxygen atoms in total. The first kappa shape index (κ1) is 21.0. The summed E-state index contributed by atoms with van der Waals surface area (Å²) < 4.78 is 7.11. The molecule has 8 heteroatoms. The minimum Gasteiger partial charge on any atom is -0.462 e. The van der Waals surface area contributed by atoms with Gasteiger partial charge in [0.15, 0.2) is 5.11 Å². The van der Waals surface area contributed by atoms with E-state index < -0.39 is 0 Å². The topological polar surface area (TPSA) is 68.2 Å². The smallest absolute Gasteiger partial charge is 0.341 e. The van der Waals surface area contributed by atoms with Crippen LogP contribution in [0.5, 0.6) is 0 Å². The lowest BCUT2D eigenvalue weighted by molar-refractivity contribution is 0.0528. The highest BCUT2D eigenvalue weighted by atomic mass is 32.1. The van der Waals surface area contributed by atoms with Crippen molar-refractivity contribution in [2.45, 2.75) is 33.9 Å². The minimum absolute atomic E-state index is 0.318. The molecule has 0 spiro atoms. The number of carbonyl (C=O) groups excluding carboxylic acids is 1. The van der Waals surface area contributed by atoms with E-state index in [0.717, 1.165) is 28.2 Å². The monoisotopic (exact) mass is 428 g/mol. The average molecular weight is 429 g/mol. The number of thiocarbonyl (C=S) groups is 1. The SMILES string of the molecule is CCOC(=O)c1cc(-c2ccccc2)sc1NC(=S)NCc1cn(CC)nc1C. The van der Waals surface area contributed by atoms with Crippen LogP contribution in [0.4, 0.5) is 5.00 Å². The summed E-state index contributed by atoms with van der Waals surface area (Å²) in [6.45, 7) is 7.52. The molecule has 3 rings (SSSR count). The van der Waals surface area contributed by atoms with Crippen LogP contribution in [-0.2, 0) is 17.8 Å². The van der Waals surface area contributed by atoms with Crippen molar-refractivity contribution < 1.29 is 9.53 Å². The van der Waals surface area contributed by atoms with Crippen LogP contribution in [0.25, 0.3) is 10.4 Å². The van der Waals surface area contributed by atoms with Gasteiger partial charge in [-0.15, -0.1) is 11.3 Å². The zero-order chi connectivity index (χ0) is 20.8. The van der Waals surface area contributed by atoms with Crippen LogP contribution >= 0.6 is 23.6 Å². The number of anilines is 1. The molecule has 0 aliphatic rings. The van der Waals surface area contributed by atoms with Crippen molar-refractivity contribution in [2.75, 3.05) is 11.9 Å². The Morgan fingerprint density at radius 3 is 2.69 bits per heavy atom. The van der Waals surface area contributed by atoms with E-state index in [0.29, 0.717) is 28.8 Å². The van der Waals surface area contributed by atoms with E-state index >= 15 is 0 Å². The molecule has 0 amide bonds. The molecule has 0 radical (unpaired) electrons. The van der Waals surface area contributed by atoms with Gasteiger partial charge >= 0.3 is 5.97 Å². The molecule has 3 aromatic rings. The van der Waals surface area contributed by atoms with E-state index in [9.17, 15) is 4.79 Å². The predicted molar refractivity (Wildman–Crippen MR) is 121 cm³/mol. The Hall–Kier alpha value is -2.71. The number of hydrogen-bond acceptors (Lipinski definition) is 5. The van der Waals surface area contributed by atoms with Crippen LogP contribution in [0.1, 0.15) is 35.5 Å². The number of aromatic nitrogens is 2. The molecule has 2 heterocycles. The Morgan fingerprint density at radius 1 is 1.28 bits per heavy atom. The molecule has 0 bridgehead atoms. The van der Waals surface area contributed by atoms with Crippen molar-refractivity contribution >= 4 is 39.6 Å². The Kier molecular flexibility index (Phi) is 7.00. The van der Waals surface area contributed by atoms with Crippen LogP contribution in [0, 0.1) is 6.92 Å². The highest BCUT2D eigenvalue weighted by Gasteiger charge is 2.19. The second-order valence-electron chi connectivity index (χ2n) is 6.34. The number of rotatable bonds is 7. The third kappa shape index (κ3) is 5.21. The van der Waals surface area contributed by atoms with E-state index in [4.69, 9.17) is 17.0 Å². The Bertz CT molecular complexity index is 996. The standard InChI is InChI=1S/C21H24N4O2S2/c1-4-25-13-16(14(3)24-25)12-22-21(28)23-19-17(20(26)27-5-2)11-18(29-19)15-9-7-6-8-10-15/h6-11,13H,4-5,12H2,1-3H3,(H2,22,23,28). The van der Waals surface area contributed by atoms with E-state index in [-0.39, 0.29) is 5.97 Å². The van der Waals surface area contributed by atoms with Gasteiger partial charge in [-0.05, 0) is 44.6 Å². The number of nitrogens with one attached hydrogen (secondary N) is 2. The average Bonchev–Trinajstić information content (AvgIpc) is 3.30. The summed E-state index contributed by atoms with van der Waals surface area (Å²) in [5.41, 5.74) is 3.57. The van der Waals surface area contributed by atoms with E-state index in [1.807, 2.05) is 61.1 Å². The molecule has 0 saturated heterocycles. The summed E-state index contributed by atoms with van der Waals surface area (Å²) in [5.74, 6) is -0.365. The predicted octanol–water partition coefficient (Wildman–Crippen LogP) is 4.60. The lowest BCUT2D eigenvalue weighted by Gasteiger charge is -2.10. The van der Waals surface area contributed by atoms with Gasteiger partial charge in [-0.2, -0.15) is 5.10 Å². The fraction of sp³-hybridized carbons (Fsp3) is 0.286. The molecular formula is C21H24N4O2S2. The maximum Gasteiger partial charge on any atom is 0.341 e. The van der Waals surface area contributed by atoms with Gasteiger partial charge in [-0.3, -0.25) is 4.68 Å². The van der Waals surface area contributed by atoms with E-state index in [1.54, 1.807) is 6.92 Å². The van der Waals surface area contributed by atoms with Crippen molar-refractivity contribution in [3.63, 3.8) is 0 Å². The molecule has 0 aliphatic heterocycles. The van der Waals surface area contributed by atoms with Crippen LogP contribution in [-0.4, -0.2) is 27.5 Å². The lowest BCUT2D eigenvalue weighted by atomic mass is 10.1. The van der Waals surface area contributed by atoms with Crippen molar-refractivity contribution in [3.8, 4) is 10.4 Å². The molecule has 152 valence electrons. The largest absolute Gasteiger partial charge is 0.462 e. The third-order valence-electron chi connectivity index (χ3n) is 4.32. The third-order valence-corrected chi connectivity index (χ3v) is 5.67. The number of esters is 1. The maximum absolute atomic E-state index is 12.4. The Morgan fingerprint density at radius 2 is 2.03 bits per heavy atom. The number of ether oxygens (including phenoxy) is 1. The van der Waals surface area contributed by atoms with Crippen molar-refractivity contribution in [1.29, 1.82) is 0 Å². The highest BCUT2D eigenvalue weighted by molar-refractivity contribution is 7.80. The maximum atomic E-state index is 12.4. The van der Waals surface area contributed by atoms with E-state index in [2.05, 4.69) is 15.7 Å². The first-order valence-corrected chi connectivity index (χ1v) is 10.7. The quantitative estimate of drug-likeness (QED) is 0.423. The molecule has 1 aromatic carbocycles. The van der Waals surface area contributed by atoms with Gasteiger partial charge in [0.2, 0.25) is 0 Å². The normalized spacial score (nSPS) is 10.6. The first-order chi connectivity index (χ1) is 14.0. The molecule has 0 atom stereocenters. The van der Waals surface area contributed by atoms with Gasteiger partial charge in [-0.1, -0.05) is 30.3 Å². The molecule has 0 unspecified atom stereocenters. The molecular weight excluding hydrogens is 404 g/mol. The van der Waals surface area contributed by atoms with Crippen LogP contribution in [0.3, 0.4) is 0 Å². The number of aryl methyl sites for hydroxylation is 2. The first-order valence-electron chi connectivity index (χ1n) is 9.46. The molecule has 2 N–H and O–H groups in total. The Labute approximate surface area is 179 Å². The van der Waals surface area contributed by atoms with Gasteiger partial charge in [0.1, 0.15) is 5.00 Å². The van der Waals surface area contributed by atoms with E-state index in [1.165, 1.54) is 11.3 Å². The summed E-state index contributed by atoms with van der Waals surface area (Å²) >= 11 is 6.93. The summed E-state index contributed by atoms with van der Waals surface area (Å²) in [7, 11) is 0. The van der Waals surface area contributed by atoms with Crippen LogP contribution in [0.15, 0.2) is 42.6 Å². The van der Waals surface area contributed by atoms with Crippen molar-refractivity contribution in [2.24, 2.45) is 0 Å². The minimum atomic E-state index is -0.365. The fourth-order valence-electron chi connectivity index (χ4n) is 2.81. The molecule has 2 aromatic heterocycles. The fourth-order valence-corrected chi connectivity index (χ4v) is 4.10. The number of nitrogens with zero attached hydrogens (tertiary/aromatic N) is 2. The second-order valence-corrected chi connectivity index (χ2v) is 7.80. The number of benzene rings is 1. The molecule has 0 fully saturated rings. The van der Waals surface area contributed by atoms with Gasteiger partial charge in [-0.25, -0.2) is 4.79 Å². The van der Waals surface area contributed by atoms with Gasteiger partial charge < -0.3 is 15.4 Å². The highest BCUT2D eigenvalue weighted by Crippen LogP contribution is 2.35. The van der Waals surface area contributed by atoms with Crippen LogP contribution in [0.2, 0.25) is 0 Å². The van der Waals surface area contributed by atoms with Crippen molar-refractivity contribution in [3.05, 3.63) is 59.4 Å².